The highest BCUT2D eigenvalue weighted by molar-refractivity contribution is 9.10. The highest BCUT2D eigenvalue weighted by Gasteiger charge is 2.36. The standard InChI is InChI=1S/C29H31BrN2O8S/c1-7-39-26-18(9-8-10-20(26)36-4)25-24(28(34)40-12-11-35-3)16(2)31-29-32(25)27(33)23(41-29)14-17-13-21(37-5)22(38-6)15-19(17)30/h8-10,13-15,25H,7,11-12H2,1-6H3/b23-14+/t25-/m1/s1. The quantitative estimate of drug-likeness (QED) is 0.230. The molecule has 12 heteroatoms. The normalized spacial score (nSPS) is 14.8. The molecule has 0 aliphatic carbocycles. The number of para-hydroxylation sites is 1. The van der Waals surface area contributed by atoms with Crippen LogP contribution < -0.4 is 33.8 Å². The number of halogens is 1. The summed E-state index contributed by atoms with van der Waals surface area (Å²) in [5.74, 6) is 1.36. The number of rotatable bonds is 11. The van der Waals surface area contributed by atoms with Crippen molar-refractivity contribution in [1.82, 2.24) is 4.57 Å². The van der Waals surface area contributed by atoms with Crippen LogP contribution in [0.15, 0.2) is 55.9 Å². The molecule has 1 aromatic heterocycles. The fourth-order valence-corrected chi connectivity index (χ4v) is 5.98. The Kier molecular flexibility index (Phi) is 9.90. The van der Waals surface area contributed by atoms with Crippen molar-refractivity contribution in [2.45, 2.75) is 19.9 Å². The van der Waals surface area contributed by atoms with Gasteiger partial charge in [0.05, 0.1) is 50.3 Å². The van der Waals surface area contributed by atoms with E-state index in [4.69, 9.17) is 28.4 Å². The van der Waals surface area contributed by atoms with Gasteiger partial charge in [-0.25, -0.2) is 9.79 Å². The minimum absolute atomic E-state index is 0.0486. The third-order valence-electron chi connectivity index (χ3n) is 6.36. The van der Waals surface area contributed by atoms with E-state index >= 15 is 0 Å². The number of esters is 1. The van der Waals surface area contributed by atoms with Crippen molar-refractivity contribution >= 4 is 39.3 Å². The summed E-state index contributed by atoms with van der Waals surface area (Å²) in [7, 11) is 6.16. The van der Waals surface area contributed by atoms with Gasteiger partial charge in [0.1, 0.15) is 12.6 Å². The predicted octanol–water partition coefficient (Wildman–Crippen LogP) is 3.61. The van der Waals surface area contributed by atoms with Gasteiger partial charge >= 0.3 is 5.97 Å². The van der Waals surface area contributed by atoms with Gasteiger partial charge in [0.25, 0.3) is 5.56 Å². The van der Waals surface area contributed by atoms with Gasteiger partial charge < -0.3 is 28.4 Å². The van der Waals surface area contributed by atoms with Gasteiger partial charge in [0, 0.05) is 17.1 Å². The molecule has 0 N–H and O–H groups in total. The summed E-state index contributed by atoms with van der Waals surface area (Å²) >= 11 is 4.77. The lowest BCUT2D eigenvalue weighted by Crippen LogP contribution is -2.40. The van der Waals surface area contributed by atoms with E-state index in [1.165, 1.54) is 30.1 Å². The maximum atomic E-state index is 14.1. The molecule has 0 saturated heterocycles. The molecule has 1 aliphatic heterocycles. The number of allylic oxidation sites excluding steroid dienone is 1. The van der Waals surface area contributed by atoms with Crippen LogP contribution in [0.3, 0.4) is 0 Å². The van der Waals surface area contributed by atoms with Crippen LogP contribution in [0.25, 0.3) is 6.08 Å². The summed E-state index contributed by atoms with van der Waals surface area (Å²) in [6.07, 6.45) is 1.75. The van der Waals surface area contributed by atoms with Crippen molar-refractivity contribution in [3.63, 3.8) is 0 Å². The largest absolute Gasteiger partial charge is 0.493 e. The second-order valence-electron chi connectivity index (χ2n) is 8.75. The molecule has 1 aliphatic rings. The summed E-state index contributed by atoms with van der Waals surface area (Å²) in [6.45, 7) is 4.20. The molecule has 0 saturated carbocycles. The summed E-state index contributed by atoms with van der Waals surface area (Å²) in [6, 6.07) is 8.03. The van der Waals surface area contributed by atoms with E-state index in [1.807, 2.05) is 6.92 Å². The van der Waals surface area contributed by atoms with Crippen molar-refractivity contribution in [3.8, 4) is 23.0 Å². The molecule has 0 bridgehead atoms. The zero-order valence-electron chi connectivity index (χ0n) is 23.6. The Hall–Kier alpha value is -3.61. The van der Waals surface area contributed by atoms with Crippen LogP contribution in [-0.2, 0) is 14.3 Å². The number of benzene rings is 2. The van der Waals surface area contributed by atoms with Crippen LogP contribution in [0.4, 0.5) is 0 Å². The Labute approximate surface area is 249 Å². The minimum Gasteiger partial charge on any atom is -0.493 e. The van der Waals surface area contributed by atoms with Crippen LogP contribution in [0.2, 0.25) is 0 Å². The van der Waals surface area contributed by atoms with E-state index in [0.717, 1.165) is 0 Å². The molecule has 0 amide bonds. The zero-order valence-corrected chi connectivity index (χ0v) is 26.0. The summed E-state index contributed by atoms with van der Waals surface area (Å²) in [4.78, 5) is 32.6. The average Bonchev–Trinajstić information content (AvgIpc) is 3.27. The van der Waals surface area contributed by atoms with Crippen LogP contribution in [0, 0.1) is 0 Å². The van der Waals surface area contributed by atoms with Crippen LogP contribution in [0.1, 0.15) is 31.0 Å². The molecule has 0 fully saturated rings. The fourth-order valence-electron chi connectivity index (χ4n) is 4.50. The first-order chi connectivity index (χ1) is 19.8. The molecule has 0 spiro atoms. The lowest BCUT2D eigenvalue weighted by molar-refractivity contribution is -0.140. The van der Waals surface area contributed by atoms with Gasteiger partial charge in [-0.3, -0.25) is 9.36 Å². The van der Waals surface area contributed by atoms with E-state index < -0.39 is 12.0 Å². The number of carbonyl (C=O) groups excluding carboxylic acids is 1. The topological polar surface area (TPSA) is 107 Å². The van der Waals surface area contributed by atoms with E-state index in [-0.39, 0.29) is 24.3 Å². The Morgan fingerprint density at radius 2 is 1.78 bits per heavy atom. The number of hydrogen-bond donors (Lipinski definition) is 0. The first-order valence-corrected chi connectivity index (χ1v) is 14.3. The second kappa shape index (κ2) is 13.4. The minimum atomic E-state index is -0.881. The first-order valence-electron chi connectivity index (χ1n) is 12.7. The number of ether oxygens (including phenoxy) is 6. The average molecular weight is 648 g/mol. The molecule has 2 heterocycles. The number of fused-ring (bicyclic) bond motifs is 1. The van der Waals surface area contributed by atoms with Crippen LogP contribution in [-0.4, -0.2) is 58.8 Å². The van der Waals surface area contributed by atoms with Gasteiger partial charge in [-0.05, 0) is 43.7 Å². The fraction of sp³-hybridized carbons (Fsp3) is 0.345. The SMILES string of the molecule is CCOc1c(OC)cccc1[C@@H]1C(C(=O)OCCOC)=C(C)N=c2s/c(=C/c3cc(OC)c(OC)cc3Br)c(=O)n21. The zero-order chi connectivity index (χ0) is 29.7. The van der Waals surface area contributed by atoms with E-state index in [9.17, 15) is 9.59 Å². The van der Waals surface area contributed by atoms with Gasteiger partial charge in [0.15, 0.2) is 27.8 Å². The first kappa shape index (κ1) is 30.4. The van der Waals surface area contributed by atoms with Gasteiger partial charge in [-0.1, -0.05) is 39.4 Å². The number of methoxy groups -OCH3 is 4. The van der Waals surface area contributed by atoms with Crippen molar-refractivity contribution in [1.29, 1.82) is 0 Å². The molecule has 218 valence electrons. The van der Waals surface area contributed by atoms with E-state index in [1.54, 1.807) is 57.6 Å². The molecule has 41 heavy (non-hydrogen) atoms. The molecule has 2 aromatic carbocycles. The predicted molar refractivity (Wildman–Crippen MR) is 158 cm³/mol. The summed E-state index contributed by atoms with van der Waals surface area (Å²) in [5.41, 5.74) is 1.60. The van der Waals surface area contributed by atoms with Crippen LogP contribution >= 0.6 is 27.3 Å². The number of nitrogens with zero attached hydrogens (tertiary/aromatic N) is 2. The number of aromatic nitrogens is 1. The molecular weight excluding hydrogens is 616 g/mol. The van der Waals surface area contributed by atoms with Gasteiger partial charge in [-0.2, -0.15) is 0 Å². The Bertz CT molecular complexity index is 1660. The van der Waals surface area contributed by atoms with Crippen molar-refractivity contribution in [3.05, 3.63) is 76.9 Å². The number of hydrogen-bond acceptors (Lipinski definition) is 10. The Morgan fingerprint density at radius 1 is 1.07 bits per heavy atom. The molecule has 0 unspecified atom stereocenters. The monoisotopic (exact) mass is 646 g/mol. The van der Waals surface area contributed by atoms with Gasteiger partial charge in [0.2, 0.25) is 0 Å². The molecular formula is C29H31BrN2O8S. The highest BCUT2D eigenvalue weighted by Crippen LogP contribution is 2.41. The Morgan fingerprint density at radius 3 is 2.44 bits per heavy atom. The number of carbonyl (C=O) groups is 1. The second-order valence-corrected chi connectivity index (χ2v) is 10.6. The molecule has 10 nitrogen and oxygen atoms in total. The maximum absolute atomic E-state index is 14.1. The lowest BCUT2D eigenvalue weighted by Gasteiger charge is -2.27. The summed E-state index contributed by atoms with van der Waals surface area (Å²) < 4.78 is 35.6. The third-order valence-corrected chi connectivity index (χ3v) is 8.03. The van der Waals surface area contributed by atoms with Crippen LogP contribution in [0.5, 0.6) is 23.0 Å². The highest BCUT2D eigenvalue weighted by atomic mass is 79.9. The molecule has 0 radical (unpaired) electrons. The van der Waals surface area contributed by atoms with Crippen molar-refractivity contribution < 1.29 is 33.2 Å². The maximum Gasteiger partial charge on any atom is 0.338 e. The molecule has 3 aromatic rings. The smallest absolute Gasteiger partial charge is 0.338 e. The molecule has 1 atom stereocenters. The summed E-state index contributed by atoms with van der Waals surface area (Å²) in [5, 5.41) is 0. The lowest BCUT2D eigenvalue weighted by atomic mass is 9.94. The Balaban J connectivity index is 1.98. The van der Waals surface area contributed by atoms with Crippen molar-refractivity contribution in [2.24, 2.45) is 4.99 Å². The van der Waals surface area contributed by atoms with Crippen molar-refractivity contribution in [2.75, 3.05) is 48.3 Å². The third kappa shape index (κ3) is 6.04. The molecule has 4 rings (SSSR count). The number of thiazole rings is 1. The van der Waals surface area contributed by atoms with E-state index in [2.05, 4.69) is 20.9 Å². The van der Waals surface area contributed by atoms with E-state index in [0.29, 0.717) is 60.2 Å². The van der Waals surface area contributed by atoms with Gasteiger partial charge in [-0.15, -0.1) is 0 Å².